The van der Waals surface area contributed by atoms with Gasteiger partial charge in [-0.25, -0.2) is 12.8 Å². The summed E-state index contributed by atoms with van der Waals surface area (Å²) in [5, 5.41) is 9.02. The third kappa shape index (κ3) is 4.53. The number of hydrogen-bond acceptors (Lipinski definition) is 3. The van der Waals surface area contributed by atoms with Crippen molar-refractivity contribution >= 4 is 31.9 Å². The van der Waals surface area contributed by atoms with Crippen molar-refractivity contribution in [1.82, 2.24) is 4.72 Å². The Morgan fingerprint density at radius 3 is 2.50 bits per heavy atom. The summed E-state index contributed by atoms with van der Waals surface area (Å²) in [6.07, 6.45) is 0.146. The summed E-state index contributed by atoms with van der Waals surface area (Å²) in [6.45, 7) is 3.56. The molecule has 0 saturated carbocycles. The van der Waals surface area contributed by atoms with Crippen molar-refractivity contribution in [2.75, 3.05) is 0 Å². The number of sulfonamides is 1. The summed E-state index contributed by atoms with van der Waals surface area (Å²) in [5.74, 6) is -2.00. The Morgan fingerprint density at radius 2 is 2.05 bits per heavy atom. The maximum absolute atomic E-state index is 13.4. The van der Waals surface area contributed by atoms with Crippen molar-refractivity contribution in [2.45, 2.75) is 31.2 Å². The Morgan fingerprint density at radius 1 is 1.45 bits per heavy atom. The molecule has 0 fully saturated rings. The van der Waals surface area contributed by atoms with Gasteiger partial charge in [-0.1, -0.05) is 13.8 Å². The Kier molecular flexibility index (Phi) is 5.67. The van der Waals surface area contributed by atoms with Crippen LogP contribution in [-0.4, -0.2) is 25.5 Å². The highest BCUT2D eigenvalue weighted by Gasteiger charge is 2.26. The second-order valence-corrected chi connectivity index (χ2v) is 7.29. The fourth-order valence-electron chi connectivity index (χ4n) is 1.57. The van der Waals surface area contributed by atoms with Crippen LogP contribution < -0.4 is 4.72 Å². The quantitative estimate of drug-likeness (QED) is 0.808. The summed E-state index contributed by atoms with van der Waals surface area (Å²) in [6, 6.07) is 2.04. The number of carboxylic acid groups (broad SMARTS) is 1. The van der Waals surface area contributed by atoms with Crippen LogP contribution in [0.1, 0.15) is 20.3 Å². The van der Waals surface area contributed by atoms with E-state index in [1.807, 2.05) is 0 Å². The predicted molar refractivity (Wildman–Crippen MR) is 75.3 cm³/mol. The Balaban J connectivity index is 3.03. The van der Waals surface area contributed by atoms with E-state index in [-0.39, 0.29) is 21.7 Å². The molecule has 1 atom stereocenters. The molecular formula is C12H15BrFNO4S. The molecule has 0 aliphatic rings. The molecule has 0 aliphatic heterocycles. The number of rotatable bonds is 6. The van der Waals surface area contributed by atoms with Gasteiger partial charge < -0.3 is 5.11 Å². The fraction of sp³-hybridized carbons (Fsp3) is 0.417. The highest BCUT2D eigenvalue weighted by atomic mass is 79.9. The van der Waals surface area contributed by atoms with Crippen LogP contribution in [0.15, 0.2) is 27.6 Å². The first kappa shape index (κ1) is 17.1. The zero-order chi connectivity index (χ0) is 15.5. The van der Waals surface area contributed by atoms with Crippen LogP contribution in [-0.2, 0) is 14.8 Å². The van der Waals surface area contributed by atoms with Gasteiger partial charge in [0.15, 0.2) is 0 Å². The molecule has 0 unspecified atom stereocenters. The van der Waals surface area contributed by atoms with Crippen LogP contribution in [0.2, 0.25) is 0 Å². The minimum atomic E-state index is -4.08. The van der Waals surface area contributed by atoms with Crippen molar-refractivity contribution in [3.8, 4) is 0 Å². The average molecular weight is 368 g/mol. The van der Waals surface area contributed by atoms with Crippen molar-refractivity contribution < 1.29 is 22.7 Å². The number of nitrogens with one attached hydrogen (secondary N) is 1. The summed E-state index contributed by atoms with van der Waals surface area (Å²) >= 11 is 2.92. The summed E-state index contributed by atoms with van der Waals surface area (Å²) in [5.41, 5.74) is 0. The van der Waals surface area contributed by atoms with Gasteiger partial charge in [-0.2, -0.15) is 4.72 Å². The zero-order valence-corrected chi connectivity index (χ0v) is 13.3. The normalized spacial score (nSPS) is 13.4. The molecule has 0 spiro atoms. The van der Waals surface area contributed by atoms with E-state index < -0.39 is 27.9 Å². The molecule has 0 aromatic heterocycles. The lowest BCUT2D eigenvalue weighted by Gasteiger charge is -2.16. The van der Waals surface area contributed by atoms with Crippen LogP contribution in [0.4, 0.5) is 4.39 Å². The molecule has 0 saturated heterocycles. The van der Waals surface area contributed by atoms with E-state index in [4.69, 9.17) is 5.11 Å². The van der Waals surface area contributed by atoms with Crippen molar-refractivity contribution in [3.05, 3.63) is 28.5 Å². The van der Waals surface area contributed by atoms with E-state index in [1.54, 1.807) is 13.8 Å². The van der Waals surface area contributed by atoms with Gasteiger partial charge in [0.2, 0.25) is 10.0 Å². The fourth-order valence-corrected chi connectivity index (χ4v) is 3.03. The lowest BCUT2D eigenvalue weighted by Crippen LogP contribution is -2.41. The van der Waals surface area contributed by atoms with Crippen LogP contribution in [0.25, 0.3) is 0 Å². The van der Waals surface area contributed by atoms with E-state index in [1.165, 1.54) is 12.1 Å². The number of aliphatic carboxylic acids is 1. The van der Waals surface area contributed by atoms with Gasteiger partial charge in [0.1, 0.15) is 11.9 Å². The molecule has 0 heterocycles. The molecule has 20 heavy (non-hydrogen) atoms. The molecule has 2 N–H and O–H groups in total. The minimum Gasteiger partial charge on any atom is -0.480 e. The number of carbonyl (C=O) groups is 1. The van der Waals surface area contributed by atoms with Gasteiger partial charge in [0.05, 0.1) is 9.37 Å². The molecule has 5 nitrogen and oxygen atoms in total. The summed E-state index contributed by atoms with van der Waals surface area (Å²) in [4.78, 5) is 10.7. The van der Waals surface area contributed by atoms with Crippen LogP contribution in [0.3, 0.4) is 0 Å². The van der Waals surface area contributed by atoms with E-state index in [0.29, 0.717) is 0 Å². The monoisotopic (exact) mass is 367 g/mol. The first-order valence-electron chi connectivity index (χ1n) is 5.83. The summed E-state index contributed by atoms with van der Waals surface area (Å²) < 4.78 is 39.6. The van der Waals surface area contributed by atoms with Crippen LogP contribution in [0, 0.1) is 11.7 Å². The smallest absolute Gasteiger partial charge is 0.321 e. The average Bonchev–Trinajstić information content (AvgIpc) is 2.30. The lowest BCUT2D eigenvalue weighted by atomic mass is 10.1. The van der Waals surface area contributed by atoms with Gasteiger partial charge in [-0.05, 0) is 46.5 Å². The van der Waals surface area contributed by atoms with Crippen LogP contribution in [0.5, 0.6) is 0 Å². The molecule has 1 aromatic rings. The lowest BCUT2D eigenvalue weighted by molar-refractivity contribution is -0.139. The molecule has 112 valence electrons. The van der Waals surface area contributed by atoms with Gasteiger partial charge in [-0.15, -0.1) is 0 Å². The summed E-state index contributed by atoms with van der Waals surface area (Å²) in [7, 11) is -4.08. The third-order valence-corrected chi connectivity index (χ3v) is 4.62. The second kappa shape index (κ2) is 6.64. The van der Waals surface area contributed by atoms with Gasteiger partial charge in [0.25, 0.3) is 0 Å². The highest BCUT2D eigenvalue weighted by Crippen LogP contribution is 2.20. The molecule has 0 radical (unpaired) electrons. The molecule has 8 heteroatoms. The highest BCUT2D eigenvalue weighted by molar-refractivity contribution is 9.10. The number of carboxylic acids is 1. The molecule has 0 bridgehead atoms. The number of halogens is 2. The Labute approximate surface area is 125 Å². The van der Waals surface area contributed by atoms with E-state index >= 15 is 0 Å². The van der Waals surface area contributed by atoms with Crippen molar-refractivity contribution in [3.63, 3.8) is 0 Å². The molecular weight excluding hydrogens is 353 g/mol. The first-order chi connectivity index (χ1) is 9.13. The minimum absolute atomic E-state index is 0.000420. The van der Waals surface area contributed by atoms with Gasteiger partial charge >= 0.3 is 5.97 Å². The molecule has 1 rings (SSSR count). The van der Waals surface area contributed by atoms with E-state index in [9.17, 15) is 17.6 Å². The largest absolute Gasteiger partial charge is 0.480 e. The Hall–Kier alpha value is -0.990. The Bertz CT molecular complexity index is 603. The van der Waals surface area contributed by atoms with Crippen LogP contribution >= 0.6 is 15.9 Å². The second-order valence-electron chi connectivity index (χ2n) is 4.72. The molecule has 0 amide bonds. The molecule has 0 aliphatic carbocycles. The van der Waals surface area contributed by atoms with Gasteiger partial charge in [-0.3, -0.25) is 4.79 Å². The number of benzene rings is 1. The topological polar surface area (TPSA) is 83.5 Å². The maximum atomic E-state index is 13.4. The first-order valence-corrected chi connectivity index (χ1v) is 8.11. The third-order valence-electron chi connectivity index (χ3n) is 2.50. The number of hydrogen-bond donors (Lipinski definition) is 2. The maximum Gasteiger partial charge on any atom is 0.321 e. The molecule has 1 aromatic carbocycles. The zero-order valence-electron chi connectivity index (χ0n) is 10.9. The standard InChI is InChI=1S/C12H15BrFNO4S/c1-7(2)5-11(12(16)17)15-20(18,19)8-3-4-9(13)10(14)6-8/h3-4,6-7,11,15H,5H2,1-2H3,(H,16,17)/t11-/m1/s1. The van der Waals surface area contributed by atoms with Crippen molar-refractivity contribution in [1.29, 1.82) is 0 Å². The van der Waals surface area contributed by atoms with E-state index in [0.717, 1.165) is 6.07 Å². The van der Waals surface area contributed by atoms with Crippen molar-refractivity contribution in [2.24, 2.45) is 5.92 Å². The SMILES string of the molecule is CC(C)C[C@@H](NS(=O)(=O)c1ccc(Br)c(F)c1)C(=O)O. The van der Waals surface area contributed by atoms with Gasteiger partial charge in [0, 0.05) is 0 Å². The predicted octanol–water partition coefficient (Wildman–Crippen LogP) is 2.37. The van der Waals surface area contributed by atoms with E-state index in [2.05, 4.69) is 20.7 Å².